The predicted molar refractivity (Wildman–Crippen MR) is 74.6 cm³/mol. The molecule has 0 unspecified atom stereocenters. The molecule has 20 heavy (non-hydrogen) atoms. The van der Waals surface area contributed by atoms with Gasteiger partial charge in [-0.2, -0.15) is 0 Å². The number of hydrogen-bond acceptors (Lipinski definition) is 2. The molecule has 2 aromatic rings. The summed E-state index contributed by atoms with van der Waals surface area (Å²) in [6.07, 6.45) is 0. The average molecular weight is 276 g/mol. The highest BCUT2D eigenvalue weighted by atomic mass is 19.2. The van der Waals surface area contributed by atoms with E-state index in [2.05, 4.69) is 5.32 Å². The van der Waals surface area contributed by atoms with Crippen LogP contribution in [0.15, 0.2) is 30.3 Å². The minimum atomic E-state index is -1.06. The molecule has 0 aromatic heterocycles. The number of carbonyl (C=O) groups is 1. The number of nitrogen functional groups attached to an aromatic ring is 1. The first-order valence-corrected chi connectivity index (χ1v) is 6.01. The highest BCUT2D eigenvalue weighted by Gasteiger charge is 2.11. The van der Waals surface area contributed by atoms with E-state index >= 15 is 0 Å². The number of benzene rings is 2. The largest absolute Gasteiger partial charge is 0.398 e. The Labute approximate surface area is 115 Å². The van der Waals surface area contributed by atoms with Gasteiger partial charge in [0.2, 0.25) is 0 Å². The summed E-state index contributed by atoms with van der Waals surface area (Å²) in [5.74, 6) is -2.56. The molecule has 0 aliphatic carbocycles. The molecule has 0 aliphatic rings. The Morgan fingerprint density at radius 2 is 1.75 bits per heavy atom. The molecule has 1 amide bonds. The van der Waals surface area contributed by atoms with E-state index in [4.69, 9.17) is 5.73 Å². The number of nitrogens with one attached hydrogen (secondary N) is 1. The summed E-state index contributed by atoms with van der Waals surface area (Å²) in [5.41, 5.74) is 8.68. The summed E-state index contributed by atoms with van der Waals surface area (Å²) < 4.78 is 25.9. The Hall–Kier alpha value is -2.43. The van der Waals surface area contributed by atoms with Crippen LogP contribution >= 0.6 is 0 Å². The van der Waals surface area contributed by atoms with E-state index in [-0.39, 0.29) is 5.56 Å². The zero-order valence-corrected chi connectivity index (χ0v) is 11.1. The second kappa shape index (κ2) is 5.28. The van der Waals surface area contributed by atoms with Crippen LogP contribution in [-0.4, -0.2) is 5.91 Å². The lowest BCUT2D eigenvalue weighted by Crippen LogP contribution is -2.13. The molecule has 0 atom stereocenters. The Balaban J connectivity index is 2.27. The fourth-order valence-corrected chi connectivity index (χ4v) is 1.84. The summed E-state index contributed by atoms with van der Waals surface area (Å²) in [7, 11) is 0. The minimum absolute atomic E-state index is 0.0439. The van der Waals surface area contributed by atoms with Gasteiger partial charge in [0.1, 0.15) is 0 Å². The van der Waals surface area contributed by atoms with Gasteiger partial charge in [0.25, 0.3) is 5.91 Å². The summed E-state index contributed by atoms with van der Waals surface area (Å²) in [6.45, 7) is 3.69. The number of amides is 1. The normalized spacial score (nSPS) is 10.4. The SMILES string of the molecule is Cc1cc(C)c(NC(=O)c2ccc(F)c(F)c2)cc1N. The molecule has 3 nitrogen and oxygen atoms in total. The van der Waals surface area contributed by atoms with E-state index in [0.29, 0.717) is 11.4 Å². The Morgan fingerprint density at radius 1 is 1.05 bits per heavy atom. The molecule has 0 saturated carbocycles. The maximum Gasteiger partial charge on any atom is 0.255 e. The molecule has 0 saturated heterocycles. The van der Waals surface area contributed by atoms with Crippen LogP contribution < -0.4 is 11.1 Å². The van der Waals surface area contributed by atoms with Gasteiger partial charge in [-0.05, 0) is 49.2 Å². The molecule has 104 valence electrons. The van der Waals surface area contributed by atoms with Crippen molar-refractivity contribution in [2.75, 3.05) is 11.1 Å². The van der Waals surface area contributed by atoms with Crippen molar-refractivity contribution in [3.63, 3.8) is 0 Å². The number of anilines is 2. The summed E-state index contributed by atoms with van der Waals surface area (Å²) in [5, 5.41) is 2.63. The molecule has 3 N–H and O–H groups in total. The third-order valence-corrected chi connectivity index (χ3v) is 3.04. The molecule has 0 fully saturated rings. The van der Waals surface area contributed by atoms with Crippen molar-refractivity contribution in [3.8, 4) is 0 Å². The van der Waals surface area contributed by atoms with E-state index in [1.807, 2.05) is 19.9 Å². The highest BCUT2D eigenvalue weighted by Crippen LogP contribution is 2.23. The number of rotatable bonds is 2. The monoisotopic (exact) mass is 276 g/mol. The second-order valence-electron chi connectivity index (χ2n) is 4.61. The predicted octanol–water partition coefficient (Wildman–Crippen LogP) is 3.42. The number of halogens is 2. The number of aryl methyl sites for hydroxylation is 2. The van der Waals surface area contributed by atoms with Crippen molar-refractivity contribution in [2.24, 2.45) is 0 Å². The number of hydrogen-bond donors (Lipinski definition) is 2. The van der Waals surface area contributed by atoms with Crippen molar-refractivity contribution in [2.45, 2.75) is 13.8 Å². The maximum atomic E-state index is 13.1. The zero-order valence-electron chi connectivity index (χ0n) is 11.1. The number of carbonyl (C=O) groups excluding carboxylic acids is 1. The minimum Gasteiger partial charge on any atom is -0.398 e. The van der Waals surface area contributed by atoms with E-state index in [1.54, 1.807) is 6.07 Å². The smallest absolute Gasteiger partial charge is 0.255 e. The number of nitrogens with two attached hydrogens (primary N) is 1. The van der Waals surface area contributed by atoms with Crippen LogP contribution in [0.3, 0.4) is 0 Å². The van der Waals surface area contributed by atoms with Crippen LogP contribution in [0.2, 0.25) is 0 Å². The van der Waals surface area contributed by atoms with Gasteiger partial charge in [0.05, 0.1) is 0 Å². The molecule has 2 rings (SSSR count). The Bertz CT molecular complexity index is 684. The van der Waals surface area contributed by atoms with Crippen molar-refractivity contribution >= 4 is 17.3 Å². The van der Waals surface area contributed by atoms with Crippen LogP contribution in [0.1, 0.15) is 21.5 Å². The average Bonchev–Trinajstić information content (AvgIpc) is 2.39. The fourth-order valence-electron chi connectivity index (χ4n) is 1.84. The lowest BCUT2D eigenvalue weighted by atomic mass is 10.1. The van der Waals surface area contributed by atoms with Crippen LogP contribution in [-0.2, 0) is 0 Å². The quantitative estimate of drug-likeness (QED) is 0.826. The van der Waals surface area contributed by atoms with E-state index in [9.17, 15) is 13.6 Å². The molecule has 2 aromatic carbocycles. The summed E-state index contributed by atoms with van der Waals surface area (Å²) in [4.78, 5) is 12.0. The van der Waals surface area contributed by atoms with Crippen LogP contribution in [0.4, 0.5) is 20.2 Å². The summed E-state index contributed by atoms with van der Waals surface area (Å²) >= 11 is 0. The van der Waals surface area contributed by atoms with Gasteiger partial charge in [-0.15, -0.1) is 0 Å². The third-order valence-electron chi connectivity index (χ3n) is 3.04. The van der Waals surface area contributed by atoms with Gasteiger partial charge in [0.15, 0.2) is 11.6 Å². The molecule has 0 heterocycles. The van der Waals surface area contributed by atoms with E-state index < -0.39 is 17.5 Å². The first kappa shape index (κ1) is 14.0. The topological polar surface area (TPSA) is 55.1 Å². The Morgan fingerprint density at radius 3 is 2.40 bits per heavy atom. The molecule has 0 radical (unpaired) electrons. The van der Waals surface area contributed by atoms with Crippen LogP contribution in [0, 0.1) is 25.5 Å². The lowest BCUT2D eigenvalue weighted by molar-refractivity contribution is 0.102. The van der Waals surface area contributed by atoms with Gasteiger partial charge in [-0.1, -0.05) is 6.07 Å². The first-order valence-electron chi connectivity index (χ1n) is 6.01. The van der Waals surface area contributed by atoms with Gasteiger partial charge in [0, 0.05) is 16.9 Å². The maximum absolute atomic E-state index is 13.1. The van der Waals surface area contributed by atoms with Crippen molar-refractivity contribution in [1.29, 1.82) is 0 Å². The van der Waals surface area contributed by atoms with Crippen LogP contribution in [0.25, 0.3) is 0 Å². The van der Waals surface area contributed by atoms with Crippen molar-refractivity contribution < 1.29 is 13.6 Å². The third kappa shape index (κ3) is 2.77. The van der Waals surface area contributed by atoms with Crippen LogP contribution in [0.5, 0.6) is 0 Å². The molecule has 0 spiro atoms. The van der Waals surface area contributed by atoms with Crippen molar-refractivity contribution in [3.05, 3.63) is 58.7 Å². The molecule has 0 bridgehead atoms. The van der Waals surface area contributed by atoms with E-state index in [1.165, 1.54) is 6.07 Å². The molecular weight excluding hydrogens is 262 g/mol. The van der Waals surface area contributed by atoms with Gasteiger partial charge in [-0.25, -0.2) is 8.78 Å². The molecule has 5 heteroatoms. The summed E-state index contributed by atoms with van der Waals surface area (Å²) in [6, 6.07) is 6.48. The lowest BCUT2D eigenvalue weighted by Gasteiger charge is -2.11. The highest BCUT2D eigenvalue weighted by molar-refractivity contribution is 6.04. The zero-order chi connectivity index (χ0) is 14.9. The molecule has 0 aliphatic heterocycles. The fraction of sp³-hybridized carbons (Fsp3) is 0.133. The van der Waals surface area contributed by atoms with Crippen molar-refractivity contribution in [1.82, 2.24) is 0 Å². The molecular formula is C15H14F2N2O. The Kier molecular flexibility index (Phi) is 3.70. The first-order chi connectivity index (χ1) is 9.38. The standard InChI is InChI=1S/C15H14F2N2O/c1-8-5-9(2)14(7-13(8)18)19-15(20)10-3-4-11(16)12(17)6-10/h3-7H,18H2,1-2H3,(H,19,20). The van der Waals surface area contributed by atoms with Gasteiger partial charge < -0.3 is 11.1 Å². The van der Waals surface area contributed by atoms with E-state index in [0.717, 1.165) is 23.3 Å². The van der Waals surface area contributed by atoms with Gasteiger partial charge in [-0.3, -0.25) is 4.79 Å². The van der Waals surface area contributed by atoms with Gasteiger partial charge >= 0.3 is 0 Å². The second-order valence-corrected chi connectivity index (χ2v) is 4.61.